The molecule has 1 saturated heterocycles. The van der Waals surface area contributed by atoms with Crippen LogP contribution < -0.4 is 10.5 Å². The van der Waals surface area contributed by atoms with Crippen LogP contribution in [0.1, 0.15) is 24.2 Å². The predicted molar refractivity (Wildman–Crippen MR) is 119 cm³/mol. The zero-order chi connectivity index (χ0) is 20.5. The maximum atomic E-state index is 12.4. The molecule has 0 radical (unpaired) electrons. The maximum absolute atomic E-state index is 12.4. The summed E-state index contributed by atoms with van der Waals surface area (Å²) in [6.45, 7) is 4.07. The lowest BCUT2D eigenvalue weighted by molar-refractivity contribution is 0.840. The van der Waals surface area contributed by atoms with E-state index >= 15 is 0 Å². The van der Waals surface area contributed by atoms with Gasteiger partial charge in [0.1, 0.15) is 5.82 Å². The molecule has 8 heteroatoms. The molecular formula is C22H22N6OS. The van der Waals surface area contributed by atoms with E-state index in [1.54, 1.807) is 6.07 Å². The smallest absolute Gasteiger partial charge is 0.258 e. The summed E-state index contributed by atoms with van der Waals surface area (Å²) in [5, 5.41) is 10.4. The highest BCUT2D eigenvalue weighted by atomic mass is 32.2. The van der Waals surface area contributed by atoms with Gasteiger partial charge in [0.05, 0.1) is 22.3 Å². The minimum atomic E-state index is -0.117. The Balaban J connectivity index is 1.48. The molecule has 2 aromatic heterocycles. The number of hydrogen-bond acceptors (Lipinski definition) is 6. The van der Waals surface area contributed by atoms with Crippen LogP contribution in [0.5, 0.6) is 0 Å². The molecule has 0 aliphatic carbocycles. The van der Waals surface area contributed by atoms with Gasteiger partial charge in [-0.3, -0.25) is 9.36 Å². The largest absolute Gasteiger partial charge is 0.341 e. The second kappa shape index (κ2) is 7.95. The summed E-state index contributed by atoms with van der Waals surface area (Å²) in [5.74, 6) is 2.01. The van der Waals surface area contributed by atoms with E-state index in [2.05, 4.69) is 60.8 Å². The second-order valence-electron chi connectivity index (χ2n) is 7.47. The summed E-state index contributed by atoms with van der Waals surface area (Å²) in [6.07, 6.45) is 2.34. The van der Waals surface area contributed by atoms with E-state index in [1.165, 1.54) is 30.2 Å². The van der Waals surface area contributed by atoms with Crippen molar-refractivity contribution in [1.29, 1.82) is 0 Å². The Morgan fingerprint density at radius 2 is 1.80 bits per heavy atom. The number of nitrogens with zero attached hydrogens (tertiary/aromatic N) is 5. The van der Waals surface area contributed by atoms with E-state index in [0.29, 0.717) is 22.5 Å². The first kappa shape index (κ1) is 18.9. The Morgan fingerprint density at radius 3 is 2.60 bits per heavy atom. The van der Waals surface area contributed by atoms with Gasteiger partial charge in [0.15, 0.2) is 5.16 Å². The van der Waals surface area contributed by atoms with Gasteiger partial charge in [-0.2, -0.15) is 0 Å². The zero-order valence-corrected chi connectivity index (χ0v) is 17.5. The van der Waals surface area contributed by atoms with Crippen molar-refractivity contribution in [2.75, 3.05) is 18.0 Å². The maximum Gasteiger partial charge on any atom is 0.258 e. The minimum Gasteiger partial charge on any atom is -0.341 e. The molecule has 5 rings (SSSR count). The van der Waals surface area contributed by atoms with Crippen molar-refractivity contribution in [3.8, 4) is 5.69 Å². The molecule has 0 bridgehead atoms. The first-order valence-corrected chi connectivity index (χ1v) is 11.1. The van der Waals surface area contributed by atoms with E-state index < -0.39 is 0 Å². The number of aromatic nitrogens is 5. The van der Waals surface area contributed by atoms with Crippen LogP contribution >= 0.6 is 11.8 Å². The molecule has 1 N–H and O–H groups in total. The Bertz CT molecular complexity index is 1240. The van der Waals surface area contributed by atoms with Crippen LogP contribution in [-0.2, 0) is 5.75 Å². The van der Waals surface area contributed by atoms with Crippen LogP contribution in [0.4, 0.5) is 5.95 Å². The summed E-state index contributed by atoms with van der Waals surface area (Å²) in [5.41, 5.74) is 2.83. The van der Waals surface area contributed by atoms with E-state index in [9.17, 15) is 4.79 Å². The van der Waals surface area contributed by atoms with Gasteiger partial charge >= 0.3 is 0 Å². The molecule has 2 aromatic carbocycles. The number of rotatable bonds is 5. The van der Waals surface area contributed by atoms with Crippen LogP contribution in [0.15, 0.2) is 58.5 Å². The summed E-state index contributed by atoms with van der Waals surface area (Å²) in [6, 6.07) is 15.8. The molecule has 3 heterocycles. The Hall–Kier alpha value is -3.13. The van der Waals surface area contributed by atoms with Crippen molar-refractivity contribution < 1.29 is 0 Å². The number of thioether (sulfide) groups is 1. The molecule has 0 saturated carbocycles. The van der Waals surface area contributed by atoms with Crippen molar-refractivity contribution in [1.82, 2.24) is 24.7 Å². The van der Waals surface area contributed by atoms with Crippen LogP contribution in [0.3, 0.4) is 0 Å². The summed E-state index contributed by atoms with van der Waals surface area (Å²) in [7, 11) is 0. The number of H-pyrrole nitrogens is 1. The molecular weight excluding hydrogens is 396 g/mol. The van der Waals surface area contributed by atoms with Gasteiger partial charge in [0, 0.05) is 13.1 Å². The quantitative estimate of drug-likeness (QED) is 0.498. The molecule has 4 aromatic rings. The van der Waals surface area contributed by atoms with Crippen LogP contribution in [0.2, 0.25) is 0 Å². The second-order valence-corrected chi connectivity index (χ2v) is 8.41. The highest BCUT2D eigenvalue weighted by molar-refractivity contribution is 7.98. The number of fused-ring (bicyclic) bond motifs is 1. The van der Waals surface area contributed by atoms with Crippen molar-refractivity contribution in [2.45, 2.75) is 30.7 Å². The van der Waals surface area contributed by atoms with Gasteiger partial charge in [-0.15, -0.1) is 10.2 Å². The van der Waals surface area contributed by atoms with Crippen LogP contribution in [0, 0.1) is 6.92 Å². The average molecular weight is 419 g/mol. The number of anilines is 1. The minimum absolute atomic E-state index is 0.117. The number of benzene rings is 2. The highest BCUT2D eigenvalue weighted by Gasteiger charge is 2.22. The lowest BCUT2D eigenvalue weighted by atomic mass is 10.2. The molecule has 0 unspecified atom stereocenters. The standard InChI is InChI=1S/C22H22N6OS/c1-15-8-10-16(11-9-15)28-21(27-12-4-5-13-27)25-26-22(28)30-14-19-23-18-7-3-2-6-17(18)20(29)24-19/h2-3,6-11H,4-5,12-14H2,1H3,(H,23,24,29). The molecule has 1 fully saturated rings. The van der Waals surface area contributed by atoms with E-state index in [-0.39, 0.29) is 5.56 Å². The first-order valence-electron chi connectivity index (χ1n) is 10.1. The number of aromatic amines is 1. The fraction of sp³-hybridized carbons (Fsp3) is 0.273. The molecule has 0 spiro atoms. The third-order valence-electron chi connectivity index (χ3n) is 5.30. The lowest BCUT2D eigenvalue weighted by Crippen LogP contribution is -2.22. The van der Waals surface area contributed by atoms with Crippen molar-refractivity contribution in [3.05, 3.63) is 70.3 Å². The molecule has 7 nitrogen and oxygen atoms in total. The molecule has 1 aliphatic rings. The predicted octanol–water partition coefficient (Wildman–Crippen LogP) is 3.70. The number of nitrogens with one attached hydrogen (secondary N) is 1. The average Bonchev–Trinajstić information content (AvgIpc) is 3.43. The van der Waals surface area contributed by atoms with Crippen molar-refractivity contribution >= 4 is 28.6 Å². The topological polar surface area (TPSA) is 79.7 Å². The van der Waals surface area contributed by atoms with Crippen molar-refractivity contribution in [2.24, 2.45) is 0 Å². The fourth-order valence-corrected chi connectivity index (χ4v) is 4.55. The molecule has 1 aliphatic heterocycles. The fourth-order valence-electron chi connectivity index (χ4n) is 3.73. The molecule has 0 atom stereocenters. The molecule has 30 heavy (non-hydrogen) atoms. The number of hydrogen-bond donors (Lipinski definition) is 1. The van der Waals surface area contributed by atoms with Crippen molar-refractivity contribution in [3.63, 3.8) is 0 Å². The third kappa shape index (κ3) is 3.59. The SMILES string of the molecule is Cc1ccc(-n2c(SCc3nc4ccccc4c(=O)[nH]3)nnc2N2CCCC2)cc1. The molecule has 152 valence electrons. The van der Waals surface area contributed by atoms with Crippen LogP contribution in [-0.4, -0.2) is 37.8 Å². The Kier molecular flexibility index (Phi) is 5.00. The van der Waals surface area contributed by atoms with Gasteiger partial charge in [0.25, 0.3) is 5.56 Å². The Labute approximate surface area is 178 Å². The van der Waals surface area contributed by atoms with E-state index in [4.69, 9.17) is 0 Å². The van der Waals surface area contributed by atoms with E-state index in [0.717, 1.165) is 29.9 Å². The summed E-state index contributed by atoms with van der Waals surface area (Å²) in [4.78, 5) is 22.1. The third-order valence-corrected chi connectivity index (χ3v) is 6.24. The molecule has 0 amide bonds. The van der Waals surface area contributed by atoms with Gasteiger partial charge in [-0.25, -0.2) is 4.98 Å². The van der Waals surface area contributed by atoms with E-state index in [1.807, 2.05) is 18.2 Å². The normalized spacial score (nSPS) is 14.0. The van der Waals surface area contributed by atoms with Gasteiger partial charge in [0.2, 0.25) is 5.95 Å². The van der Waals surface area contributed by atoms with Gasteiger partial charge < -0.3 is 9.88 Å². The van der Waals surface area contributed by atoms with Gasteiger partial charge in [-0.1, -0.05) is 41.6 Å². The lowest BCUT2D eigenvalue weighted by Gasteiger charge is -2.18. The number of aryl methyl sites for hydroxylation is 1. The summed E-state index contributed by atoms with van der Waals surface area (Å²) < 4.78 is 2.11. The Morgan fingerprint density at radius 1 is 1.03 bits per heavy atom. The summed E-state index contributed by atoms with van der Waals surface area (Å²) >= 11 is 1.53. The first-order chi connectivity index (χ1) is 14.7. The monoisotopic (exact) mass is 418 g/mol. The zero-order valence-electron chi connectivity index (χ0n) is 16.7. The highest BCUT2D eigenvalue weighted by Crippen LogP contribution is 2.30. The van der Waals surface area contributed by atoms with Gasteiger partial charge in [-0.05, 0) is 44.0 Å². The number of para-hydroxylation sites is 1. The van der Waals surface area contributed by atoms with Crippen LogP contribution in [0.25, 0.3) is 16.6 Å².